The van der Waals surface area contributed by atoms with Crippen LogP contribution in [0.25, 0.3) is 0 Å². The average Bonchev–Trinajstić information content (AvgIpc) is 2.89. The highest BCUT2D eigenvalue weighted by Crippen LogP contribution is 2.26. The molecule has 1 aromatic carbocycles. The number of nitrogens with zero attached hydrogens (tertiary/aromatic N) is 5. The van der Waals surface area contributed by atoms with Gasteiger partial charge in [0.25, 0.3) is 0 Å². The lowest BCUT2D eigenvalue weighted by molar-refractivity contribution is 0.122. The fraction of sp³-hybridized carbons (Fsp3) is 0.550. The Bertz CT molecular complexity index is 717. The van der Waals surface area contributed by atoms with Gasteiger partial charge < -0.3 is 14.5 Å². The Morgan fingerprint density at radius 2 is 1.69 bits per heavy atom. The standard InChI is InChI=1S/C20H31N5O/c1-16-19(20(24(5)21-16)25-10-12-26-13-11-25)15-23(4)14-17-6-8-18(9-7-17)22(2)3/h6-9H,10-15H2,1-5H3. The van der Waals surface area contributed by atoms with Gasteiger partial charge in [-0.1, -0.05) is 12.1 Å². The molecule has 1 aliphatic rings. The van der Waals surface area contributed by atoms with E-state index in [0.29, 0.717) is 0 Å². The smallest absolute Gasteiger partial charge is 0.131 e. The Hall–Kier alpha value is -2.05. The molecule has 0 spiro atoms. The topological polar surface area (TPSA) is 36.8 Å². The summed E-state index contributed by atoms with van der Waals surface area (Å²) in [5.41, 5.74) is 4.99. The van der Waals surface area contributed by atoms with E-state index in [-0.39, 0.29) is 0 Å². The first-order valence-corrected chi connectivity index (χ1v) is 9.25. The first kappa shape index (κ1) is 18.7. The molecule has 26 heavy (non-hydrogen) atoms. The van der Waals surface area contributed by atoms with Crippen molar-refractivity contribution in [3.8, 4) is 0 Å². The van der Waals surface area contributed by atoms with Crippen LogP contribution in [-0.4, -0.2) is 62.1 Å². The maximum Gasteiger partial charge on any atom is 0.131 e. The van der Waals surface area contributed by atoms with E-state index in [1.807, 2.05) is 11.7 Å². The van der Waals surface area contributed by atoms with Crippen molar-refractivity contribution in [2.45, 2.75) is 20.0 Å². The van der Waals surface area contributed by atoms with Crippen molar-refractivity contribution in [1.29, 1.82) is 0 Å². The van der Waals surface area contributed by atoms with Crippen LogP contribution in [0.15, 0.2) is 24.3 Å². The van der Waals surface area contributed by atoms with Crippen LogP contribution in [0.4, 0.5) is 11.5 Å². The van der Waals surface area contributed by atoms with Gasteiger partial charge in [0, 0.05) is 58.6 Å². The van der Waals surface area contributed by atoms with Crippen LogP contribution in [0, 0.1) is 6.92 Å². The Morgan fingerprint density at radius 1 is 1.04 bits per heavy atom. The highest BCUT2D eigenvalue weighted by atomic mass is 16.5. The Labute approximate surface area is 156 Å². The molecular weight excluding hydrogens is 326 g/mol. The molecule has 2 heterocycles. The van der Waals surface area contributed by atoms with Gasteiger partial charge in [-0.15, -0.1) is 0 Å². The minimum absolute atomic E-state index is 0.789. The predicted molar refractivity (Wildman–Crippen MR) is 107 cm³/mol. The summed E-state index contributed by atoms with van der Waals surface area (Å²) in [7, 11) is 8.36. The number of anilines is 2. The van der Waals surface area contributed by atoms with E-state index in [2.05, 4.69) is 72.1 Å². The zero-order valence-corrected chi connectivity index (χ0v) is 16.7. The third-order valence-electron chi connectivity index (χ3n) is 4.96. The Balaban J connectivity index is 1.71. The summed E-state index contributed by atoms with van der Waals surface area (Å²) in [6.07, 6.45) is 0. The normalized spacial score (nSPS) is 14.9. The molecule has 0 aliphatic carbocycles. The summed E-state index contributed by atoms with van der Waals surface area (Å²) in [6.45, 7) is 7.37. The van der Waals surface area contributed by atoms with Crippen LogP contribution in [0.2, 0.25) is 0 Å². The van der Waals surface area contributed by atoms with Crippen LogP contribution in [0.1, 0.15) is 16.8 Å². The van der Waals surface area contributed by atoms with E-state index in [1.165, 1.54) is 22.6 Å². The molecule has 1 saturated heterocycles. The van der Waals surface area contributed by atoms with Crippen LogP contribution < -0.4 is 9.80 Å². The molecule has 2 aromatic rings. The molecule has 0 atom stereocenters. The number of morpholine rings is 1. The zero-order chi connectivity index (χ0) is 18.7. The lowest BCUT2D eigenvalue weighted by Gasteiger charge is -2.30. The number of rotatable bonds is 6. The largest absolute Gasteiger partial charge is 0.378 e. The summed E-state index contributed by atoms with van der Waals surface area (Å²) in [5, 5.41) is 4.68. The van der Waals surface area contributed by atoms with Crippen molar-refractivity contribution in [1.82, 2.24) is 14.7 Å². The highest BCUT2D eigenvalue weighted by molar-refractivity contribution is 5.50. The summed E-state index contributed by atoms with van der Waals surface area (Å²) in [5.74, 6) is 1.24. The minimum Gasteiger partial charge on any atom is -0.378 e. The minimum atomic E-state index is 0.789. The van der Waals surface area contributed by atoms with Crippen molar-refractivity contribution < 1.29 is 4.74 Å². The number of aromatic nitrogens is 2. The number of hydrogen-bond acceptors (Lipinski definition) is 5. The molecular formula is C20H31N5O. The predicted octanol–water partition coefficient (Wildman–Crippen LogP) is 2.26. The van der Waals surface area contributed by atoms with Crippen molar-refractivity contribution in [2.24, 2.45) is 7.05 Å². The molecule has 3 rings (SSSR count). The second-order valence-electron chi connectivity index (χ2n) is 7.34. The van der Waals surface area contributed by atoms with Crippen LogP contribution >= 0.6 is 0 Å². The van der Waals surface area contributed by atoms with Gasteiger partial charge in [0.15, 0.2) is 0 Å². The van der Waals surface area contributed by atoms with Crippen LogP contribution in [-0.2, 0) is 24.9 Å². The summed E-state index contributed by atoms with van der Waals surface area (Å²) in [4.78, 5) is 6.89. The van der Waals surface area contributed by atoms with Gasteiger partial charge in [0.05, 0.1) is 18.9 Å². The van der Waals surface area contributed by atoms with E-state index in [1.54, 1.807) is 0 Å². The molecule has 1 fully saturated rings. The van der Waals surface area contributed by atoms with Crippen molar-refractivity contribution in [2.75, 3.05) is 57.2 Å². The molecule has 6 nitrogen and oxygen atoms in total. The first-order valence-electron chi connectivity index (χ1n) is 9.25. The Kier molecular flexibility index (Phi) is 5.84. The molecule has 0 bridgehead atoms. The molecule has 0 saturated carbocycles. The van der Waals surface area contributed by atoms with Crippen LogP contribution in [0.5, 0.6) is 0 Å². The maximum absolute atomic E-state index is 5.51. The molecule has 0 unspecified atom stereocenters. The van der Waals surface area contributed by atoms with Gasteiger partial charge in [-0.3, -0.25) is 9.58 Å². The lowest BCUT2D eigenvalue weighted by atomic mass is 10.1. The van der Waals surface area contributed by atoms with Crippen molar-refractivity contribution in [3.05, 3.63) is 41.1 Å². The molecule has 0 radical (unpaired) electrons. The first-order chi connectivity index (χ1) is 12.5. The van der Waals surface area contributed by atoms with E-state index < -0.39 is 0 Å². The van der Waals surface area contributed by atoms with Gasteiger partial charge in [-0.25, -0.2) is 0 Å². The number of hydrogen-bond donors (Lipinski definition) is 0. The van der Waals surface area contributed by atoms with E-state index in [0.717, 1.165) is 45.1 Å². The molecule has 0 N–H and O–H groups in total. The number of ether oxygens (including phenoxy) is 1. The van der Waals surface area contributed by atoms with Gasteiger partial charge in [-0.2, -0.15) is 5.10 Å². The number of aryl methyl sites for hydroxylation is 2. The maximum atomic E-state index is 5.51. The summed E-state index contributed by atoms with van der Waals surface area (Å²) >= 11 is 0. The van der Waals surface area contributed by atoms with Gasteiger partial charge in [0.1, 0.15) is 5.82 Å². The summed E-state index contributed by atoms with van der Waals surface area (Å²) < 4.78 is 7.53. The van der Waals surface area contributed by atoms with Gasteiger partial charge >= 0.3 is 0 Å². The average molecular weight is 358 g/mol. The van der Waals surface area contributed by atoms with Crippen molar-refractivity contribution >= 4 is 11.5 Å². The third-order valence-corrected chi connectivity index (χ3v) is 4.96. The SMILES string of the molecule is Cc1nn(C)c(N2CCOCC2)c1CN(C)Cc1ccc(N(C)C)cc1. The van der Waals surface area contributed by atoms with Crippen LogP contribution in [0.3, 0.4) is 0 Å². The molecule has 142 valence electrons. The number of benzene rings is 1. The fourth-order valence-electron chi connectivity index (χ4n) is 3.58. The lowest BCUT2D eigenvalue weighted by Crippen LogP contribution is -2.38. The highest BCUT2D eigenvalue weighted by Gasteiger charge is 2.22. The quantitative estimate of drug-likeness (QED) is 0.793. The molecule has 1 aliphatic heterocycles. The zero-order valence-electron chi connectivity index (χ0n) is 16.7. The molecule has 1 aromatic heterocycles. The van der Waals surface area contributed by atoms with E-state index in [4.69, 9.17) is 4.74 Å². The second kappa shape index (κ2) is 8.10. The van der Waals surface area contributed by atoms with Crippen molar-refractivity contribution in [3.63, 3.8) is 0 Å². The van der Waals surface area contributed by atoms with E-state index in [9.17, 15) is 0 Å². The second-order valence-corrected chi connectivity index (χ2v) is 7.34. The third kappa shape index (κ3) is 4.19. The fourth-order valence-corrected chi connectivity index (χ4v) is 3.58. The molecule has 0 amide bonds. The molecule has 6 heteroatoms. The summed E-state index contributed by atoms with van der Waals surface area (Å²) in [6, 6.07) is 8.78. The monoisotopic (exact) mass is 357 g/mol. The van der Waals surface area contributed by atoms with Gasteiger partial charge in [0.2, 0.25) is 0 Å². The Morgan fingerprint density at radius 3 is 2.31 bits per heavy atom. The van der Waals surface area contributed by atoms with E-state index >= 15 is 0 Å². The van der Waals surface area contributed by atoms with Gasteiger partial charge in [-0.05, 0) is 31.7 Å².